The lowest BCUT2D eigenvalue weighted by Crippen LogP contribution is -2.34. The van der Waals surface area contributed by atoms with Crippen molar-refractivity contribution in [2.75, 3.05) is 12.5 Å². The Balaban J connectivity index is 2.03. The van der Waals surface area contributed by atoms with Gasteiger partial charge in [-0.15, -0.1) is 0 Å². The van der Waals surface area contributed by atoms with Gasteiger partial charge in [0.1, 0.15) is 5.69 Å². The number of hydrogen-bond donors (Lipinski definition) is 2. The highest BCUT2D eigenvalue weighted by molar-refractivity contribution is 5.62. The molecule has 2 rings (SSSR count). The minimum atomic E-state index is -0.425. The average Bonchev–Trinajstić information content (AvgIpc) is 2.47. The van der Waals surface area contributed by atoms with Crippen LogP contribution in [-0.2, 0) is 6.54 Å². The summed E-state index contributed by atoms with van der Waals surface area (Å²) in [6.45, 7) is 3.09. The number of nitro benzene ring substituents is 1. The molecule has 1 saturated carbocycles. The molecule has 0 spiro atoms. The molecule has 1 aromatic carbocycles. The number of nitro groups is 1. The summed E-state index contributed by atoms with van der Waals surface area (Å²) in [6.07, 6.45) is 5.02. The van der Waals surface area contributed by atoms with E-state index >= 15 is 0 Å². The fourth-order valence-electron chi connectivity index (χ4n) is 3.06. The summed E-state index contributed by atoms with van der Waals surface area (Å²) in [5, 5.41) is 10.9. The quantitative estimate of drug-likeness (QED) is 0.495. The predicted molar refractivity (Wildman–Crippen MR) is 83.8 cm³/mol. The number of nitrogen functional groups attached to an aromatic ring is 1. The molecular formula is C15H24N4O2. The lowest BCUT2D eigenvalue weighted by atomic mass is 9.86. The van der Waals surface area contributed by atoms with E-state index in [1.54, 1.807) is 12.1 Å². The third kappa shape index (κ3) is 3.92. The number of nitrogens with one attached hydrogen (secondary N) is 1. The van der Waals surface area contributed by atoms with Gasteiger partial charge in [0.15, 0.2) is 0 Å². The van der Waals surface area contributed by atoms with Gasteiger partial charge < -0.3 is 5.43 Å². The van der Waals surface area contributed by atoms with Crippen LogP contribution in [0, 0.1) is 16.0 Å². The van der Waals surface area contributed by atoms with Gasteiger partial charge in [0.05, 0.1) is 4.92 Å². The first-order valence-electron chi connectivity index (χ1n) is 7.45. The molecule has 6 nitrogen and oxygen atoms in total. The van der Waals surface area contributed by atoms with E-state index in [4.69, 9.17) is 5.84 Å². The van der Waals surface area contributed by atoms with Crippen molar-refractivity contribution in [2.45, 2.75) is 45.2 Å². The van der Waals surface area contributed by atoms with Crippen LogP contribution in [0.15, 0.2) is 18.2 Å². The van der Waals surface area contributed by atoms with Gasteiger partial charge in [-0.1, -0.05) is 13.0 Å². The molecule has 3 N–H and O–H groups in total. The van der Waals surface area contributed by atoms with Crippen molar-refractivity contribution in [3.63, 3.8) is 0 Å². The summed E-state index contributed by atoms with van der Waals surface area (Å²) >= 11 is 0. The van der Waals surface area contributed by atoms with Crippen LogP contribution in [0.5, 0.6) is 0 Å². The molecule has 21 heavy (non-hydrogen) atoms. The van der Waals surface area contributed by atoms with Crippen molar-refractivity contribution in [3.8, 4) is 0 Å². The number of benzene rings is 1. The van der Waals surface area contributed by atoms with E-state index in [0.717, 1.165) is 18.0 Å². The maximum atomic E-state index is 10.9. The Kier molecular flexibility index (Phi) is 5.14. The molecule has 1 aliphatic rings. The van der Waals surface area contributed by atoms with Gasteiger partial charge in [0, 0.05) is 18.7 Å². The second kappa shape index (κ2) is 6.87. The van der Waals surface area contributed by atoms with E-state index in [9.17, 15) is 10.1 Å². The molecule has 6 heteroatoms. The number of hydrogen-bond acceptors (Lipinski definition) is 5. The lowest BCUT2D eigenvalue weighted by molar-refractivity contribution is -0.384. The maximum Gasteiger partial charge on any atom is 0.293 e. The normalized spacial score (nSPS) is 22.3. The first-order chi connectivity index (χ1) is 10.0. The van der Waals surface area contributed by atoms with Crippen LogP contribution >= 0.6 is 0 Å². The summed E-state index contributed by atoms with van der Waals surface area (Å²) in [4.78, 5) is 12.8. The minimum Gasteiger partial charge on any atom is -0.318 e. The fourth-order valence-corrected chi connectivity index (χ4v) is 3.06. The Labute approximate surface area is 125 Å². The van der Waals surface area contributed by atoms with Crippen LogP contribution in [0.25, 0.3) is 0 Å². The highest BCUT2D eigenvalue weighted by Crippen LogP contribution is 2.29. The van der Waals surface area contributed by atoms with Gasteiger partial charge >= 0.3 is 0 Å². The number of rotatable bonds is 5. The van der Waals surface area contributed by atoms with Crippen LogP contribution in [0.3, 0.4) is 0 Å². The third-order valence-corrected chi connectivity index (χ3v) is 4.45. The van der Waals surface area contributed by atoms with E-state index in [-0.39, 0.29) is 5.69 Å². The Bertz CT molecular complexity index is 498. The first kappa shape index (κ1) is 15.7. The van der Waals surface area contributed by atoms with E-state index < -0.39 is 4.92 Å². The third-order valence-electron chi connectivity index (χ3n) is 4.45. The Hall–Kier alpha value is -1.66. The second-order valence-corrected chi connectivity index (χ2v) is 6.08. The Morgan fingerprint density at radius 3 is 2.62 bits per heavy atom. The van der Waals surface area contributed by atoms with Crippen molar-refractivity contribution < 1.29 is 4.92 Å². The predicted octanol–water partition coefficient (Wildman–Crippen LogP) is 2.89. The number of nitrogens with zero attached hydrogens (tertiary/aromatic N) is 2. The highest BCUT2D eigenvalue weighted by Gasteiger charge is 2.22. The van der Waals surface area contributed by atoms with Crippen LogP contribution in [0.1, 0.15) is 38.2 Å². The zero-order valence-electron chi connectivity index (χ0n) is 12.7. The second-order valence-electron chi connectivity index (χ2n) is 6.08. The van der Waals surface area contributed by atoms with E-state index in [2.05, 4.69) is 24.3 Å². The van der Waals surface area contributed by atoms with E-state index in [1.165, 1.54) is 31.7 Å². The Morgan fingerprint density at radius 1 is 1.38 bits per heavy atom. The number of hydrazine groups is 1. The van der Waals surface area contributed by atoms with Crippen LogP contribution in [0.4, 0.5) is 11.4 Å². The zero-order chi connectivity index (χ0) is 15.4. The fraction of sp³-hybridized carbons (Fsp3) is 0.600. The zero-order valence-corrected chi connectivity index (χ0v) is 12.7. The molecule has 0 amide bonds. The number of anilines is 1. The van der Waals surface area contributed by atoms with Gasteiger partial charge in [-0.2, -0.15) is 0 Å². The van der Waals surface area contributed by atoms with Gasteiger partial charge in [-0.3, -0.25) is 20.9 Å². The van der Waals surface area contributed by atoms with E-state index in [1.807, 2.05) is 0 Å². The van der Waals surface area contributed by atoms with Crippen molar-refractivity contribution in [2.24, 2.45) is 11.8 Å². The van der Waals surface area contributed by atoms with Gasteiger partial charge in [0.25, 0.3) is 5.69 Å². The molecule has 0 atom stereocenters. The summed E-state index contributed by atoms with van der Waals surface area (Å²) in [7, 11) is 2.12. The molecule has 1 fully saturated rings. The molecule has 1 aliphatic carbocycles. The smallest absolute Gasteiger partial charge is 0.293 e. The largest absolute Gasteiger partial charge is 0.318 e. The van der Waals surface area contributed by atoms with Crippen LogP contribution in [0.2, 0.25) is 0 Å². The molecule has 0 radical (unpaired) electrons. The molecule has 0 saturated heterocycles. The lowest BCUT2D eigenvalue weighted by Gasteiger charge is -2.33. The van der Waals surface area contributed by atoms with Gasteiger partial charge in [-0.25, -0.2) is 0 Å². The molecule has 0 aliphatic heterocycles. The summed E-state index contributed by atoms with van der Waals surface area (Å²) in [5.41, 5.74) is 3.83. The van der Waals surface area contributed by atoms with Crippen molar-refractivity contribution in [3.05, 3.63) is 33.9 Å². The maximum absolute atomic E-state index is 10.9. The standard InChI is InChI=1S/C15H24N4O2/c1-11-3-6-13(7-4-11)18(2)10-12-5-8-15(19(20)21)14(9-12)17-16/h5,8-9,11,13,17H,3-4,6-7,10,16H2,1-2H3. The van der Waals surface area contributed by atoms with Crippen molar-refractivity contribution in [1.82, 2.24) is 4.90 Å². The van der Waals surface area contributed by atoms with Crippen molar-refractivity contribution >= 4 is 11.4 Å². The topological polar surface area (TPSA) is 84.4 Å². The van der Waals surface area contributed by atoms with Gasteiger partial charge in [0.2, 0.25) is 0 Å². The molecule has 1 aromatic rings. The minimum absolute atomic E-state index is 0.00962. The summed E-state index contributed by atoms with van der Waals surface area (Å²) in [5.74, 6) is 6.21. The molecule has 0 unspecified atom stereocenters. The number of nitrogens with two attached hydrogens (primary N) is 1. The molecule has 0 bridgehead atoms. The van der Waals surface area contributed by atoms with E-state index in [0.29, 0.717) is 11.7 Å². The molecule has 116 valence electrons. The molecular weight excluding hydrogens is 268 g/mol. The van der Waals surface area contributed by atoms with Crippen LogP contribution < -0.4 is 11.3 Å². The summed E-state index contributed by atoms with van der Waals surface area (Å²) < 4.78 is 0. The van der Waals surface area contributed by atoms with Crippen LogP contribution in [-0.4, -0.2) is 22.9 Å². The average molecular weight is 292 g/mol. The summed E-state index contributed by atoms with van der Waals surface area (Å²) in [6, 6.07) is 5.69. The first-order valence-corrected chi connectivity index (χ1v) is 7.45. The Morgan fingerprint density at radius 2 is 2.05 bits per heavy atom. The SMILES string of the molecule is CC1CCC(N(C)Cc2ccc([N+](=O)[O-])c(NN)c2)CC1. The highest BCUT2D eigenvalue weighted by atomic mass is 16.6. The van der Waals surface area contributed by atoms with Crippen molar-refractivity contribution in [1.29, 1.82) is 0 Å². The molecule has 0 aromatic heterocycles. The molecule has 0 heterocycles. The monoisotopic (exact) mass is 292 g/mol. The van der Waals surface area contributed by atoms with Gasteiger partial charge in [-0.05, 0) is 50.3 Å².